The number of primary amides is 1. The van der Waals surface area contributed by atoms with Crippen molar-refractivity contribution >= 4 is 64.7 Å². The third-order valence-electron chi connectivity index (χ3n) is 5.63. The Balaban J connectivity index is 1.91. The number of rotatable bonds is 6. The number of nitrogens with zero attached hydrogens (tertiary/aromatic N) is 1. The second-order valence-corrected chi connectivity index (χ2v) is 13.1. The van der Waals surface area contributed by atoms with Crippen LogP contribution in [-0.4, -0.2) is 25.6 Å². The summed E-state index contributed by atoms with van der Waals surface area (Å²) in [6, 6.07) is 15.7. The maximum atomic E-state index is 12.4. The molecule has 0 saturated carbocycles. The van der Waals surface area contributed by atoms with Crippen LogP contribution in [-0.2, 0) is 14.6 Å². The molecule has 0 fully saturated rings. The van der Waals surface area contributed by atoms with Crippen molar-refractivity contribution in [3.8, 4) is 22.8 Å². The summed E-state index contributed by atoms with van der Waals surface area (Å²) >= 11 is 10.6. The van der Waals surface area contributed by atoms with Crippen LogP contribution in [0.5, 0.6) is 11.6 Å². The van der Waals surface area contributed by atoms with E-state index in [0.717, 1.165) is 10.1 Å². The van der Waals surface area contributed by atoms with Crippen molar-refractivity contribution in [1.82, 2.24) is 4.98 Å². The quantitative estimate of drug-likeness (QED) is 0.261. The Bertz CT molecular complexity index is 1530. The van der Waals surface area contributed by atoms with Crippen LogP contribution in [0.25, 0.3) is 21.2 Å². The molecule has 0 bridgehead atoms. The molecule has 6 nitrogen and oxygen atoms in total. The van der Waals surface area contributed by atoms with Gasteiger partial charge in [-0.15, -0.1) is 11.3 Å². The molecule has 0 unspecified atom stereocenters. The van der Waals surface area contributed by atoms with Gasteiger partial charge in [0.25, 0.3) is 5.91 Å². The molecule has 1 amide bonds. The average molecular weight is 580 g/mol. The first-order valence-electron chi connectivity index (χ1n) is 10.0. The summed E-state index contributed by atoms with van der Waals surface area (Å²) in [5.74, 6) is 0.269. The van der Waals surface area contributed by atoms with Gasteiger partial charge in [0.05, 0.1) is 4.75 Å². The number of hydrogen-bond acceptors (Lipinski definition) is 6. The van der Waals surface area contributed by atoms with E-state index in [4.69, 9.17) is 22.1 Å². The number of halogens is 2. The van der Waals surface area contributed by atoms with Crippen molar-refractivity contribution in [1.29, 1.82) is 0 Å². The Hall–Kier alpha value is -2.46. The molecule has 0 saturated heterocycles. The van der Waals surface area contributed by atoms with E-state index in [1.165, 1.54) is 17.6 Å². The zero-order chi connectivity index (χ0) is 24.8. The zero-order valence-electron chi connectivity index (χ0n) is 18.4. The molecule has 0 radical (unpaired) electrons. The van der Waals surface area contributed by atoms with Crippen LogP contribution in [0.15, 0.2) is 59.2 Å². The van der Waals surface area contributed by atoms with E-state index in [2.05, 4.69) is 20.9 Å². The van der Waals surface area contributed by atoms with Crippen molar-refractivity contribution < 1.29 is 17.9 Å². The van der Waals surface area contributed by atoms with E-state index < -0.39 is 20.5 Å². The minimum absolute atomic E-state index is 0.300. The molecule has 4 aromatic rings. The molecule has 2 aromatic carbocycles. The standard InChI is InChI=1S/C24H20BrClN2O4S2/c1-24(2,34(3,30)31)14-4-9-18-17(12-14)21(22(33-18)23(27)29)13-10-19(25)28-20(11-13)32-16-7-5-15(26)6-8-16/h4-12H,1-3H3,(H2,27,29). The molecule has 10 heteroatoms. The topological polar surface area (TPSA) is 99.3 Å². The minimum atomic E-state index is -3.40. The van der Waals surface area contributed by atoms with E-state index in [-0.39, 0.29) is 0 Å². The highest BCUT2D eigenvalue weighted by molar-refractivity contribution is 9.10. The van der Waals surface area contributed by atoms with Gasteiger partial charge in [-0.25, -0.2) is 13.4 Å². The Morgan fingerprint density at radius 2 is 1.79 bits per heavy atom. The summed E-state index contributed by atoms with van der Waals surface area (Å²) in [5.41, 5.74) is 7.59. The zero-order valence-corrected chi connectivity index (χ0v) is 22.4. The van der Waals surface area contributed by atoms with Crippen molar-refractivity contribution in [3.05, 3.63) is 74.7 Å². The molecule has 0 aliphatic rings. The number of benzene rings is 2. The van der Waals surface area contributed by atoms with Crippen LogP contribution in [0.4, 0.5) is 0 Å². The molecule has 34 heavy (non-hydrogen) atoms. The van der Waals surface area contributed by atoms with Crippen LogP contribution in [0.1, 0.15) is 29.1 Å². The number of pyridine rings is 1. The van der Waals surface area contributed by atoms with Crippen LogP contribution < -0.4 is 10.5 Å². The van der Waals surface area contributed by atoms with Crippen LogP contribution in [0, 0.1) is 0 Å². The Kier molecular flexibility index (Phi) is 6.50. The maximum Gasteiger partial charge on any atom is 0.259 e. The van der Waals surface area contributed by atoms with Gasteiger partial charge < -0.3 is 10.5 Å². The smallest absolute Gasteiger partial charge is 0.259 e. The molecule has 0 atom stereocenters. The summed E-state index contributed by atoms with van der Waals surface area (Å²) < 4.78 is 30.9. The van der Waals surface area contributed by atoms with E-state index in [1.807, 2.05) is 12.1 Å². The Morgan fingerprint density at radius 3 is 2.41 bits per heavy atom. The fourth-order valence-corrected chi connectivity index (χ4v) is 5.60. The average Bonchev–Trinajstić information content (AvgIpc) is 3.13. The van der Waals surface area contributed by atoms with Crippen LogP contribution in [0.2, 0.25) is 5.02 Å². The molecule has 0 aliphatic heterocycles. The van der Waals surface area contributed by atoms with Crippen LogP contribution >= 0.6 is 38.9 Å². The van der Waals surface area contributed by atoms with E-state index in [9.17, 15) is 13.2 Å². The molecule has 2 N–H and O–H groups in total. The maximum absolute atomic E-state index is 12.4. The lowest BCUT2D eigenvalue weighted by Crippen LogP contribution is -2.27. The largest absolute Gasteiger partial charge is 0.439 e. The van der Waals surface area contributed by atoms with Crippen molar-refractivity contribution in [2.75, 3.05) is 6.26 Å². The van der Waals surface area contributed by atoms with Crippen molar-refractivity contribution in [2.24, 2.45) is 5.73 Å². The first-order valence-corrected chi connectivity index (χ1v) is 13.9. The lowest BCUT2D eigenvalue weighted by molar-refractivity contribution is 0.100. The first kappa shape index (κ1) is 24.7. The highest BCUT2D eigenvalue weighted by Crippen LogP contribution is 2.43. The lowest BCUT2D eigenvalue weighted by Gasteiger charge is -2.23. The number of hydrogen-bond donors (Lipinski definition) is 1. The fourth-order valence-electron chi connectivity index (χ4n) is 3.44. The third-order valence-corrected chi connectivity index (χ3v) is 9.56. The number of carbonyl (C=O) groups excluding carboxylic acids is 1. The van der Waals surface area contributed by atoms with Gasteiger partial charge >= 0.3 is 0 Å². The molecule has 176 valence electrons. The molecule has 0 spiro atoms. The summed E-state index contributed by atoms with van der Waals surface area (Å²) in [6.07, 6.45) is 1.21. The third kappa shape index (κ3) is 4.70. The van der Waals surface area contributed by atoms with Gasteiger partial charge in [0, 0.05) is 33.0 Å². The number of aromatic nitrogens is 1. The van der Waals surface area contributed by atoms with Crippen molar-refractivity contribution in [2.45, 2.75) is 18.6 Å². The molecule has 2 heterocycles. The number of amides is 1. The predicted octanol–water partition coefficient (Wildman–Crippen LogP) is 6.55. The SMILES string of the molecule is CC(C)(c1ccc2sc(C(N)=O)c(-c3cc(Br)nc(Oc4ccc(Cl)cc4)c3)c2c1)S(C)(=O)=O. The monoisotopic (exact) mass is 578 g/mol. The molecular weight excluding hydrogens is 560 g/mol. The molecular formula is C24H20BrClN2O4S2. The number of nitrogens with two attached hydrogens (primary N) is 1. The highest BCUT2D eigenvalue weighted by atomic mass is 79.9. The van der Waals surface area contributed by atoms with E-state index in [0.29, 0.717) is 42.8 Å². The minimum Gasteiger partial charge on any atom is -0.439 e. The van der Waals surface area contributed by atoms with E-state index in [1.54, 1.807) is 56.3 Å². The lowest BCUT2D eigenvalue weighted by atomic mass is 9.96. The number of ether oxygens (including phenoxy) is 1. The fraction of sp³-hybridized carbons (Fsp3) is 0.167. The second-order valence-electron chi connectivity index (χ2n) is 8.24. The van der Waals surface area contributed by atoms with Gasteiger partial charge in [0.1, 0.15) is 15.2 Å². The Morgan fingerprint density at radius 1 is 1.12 bits per heavy atom. The summed E-state index contributed by atoms with van der Waals surface area (Å²) in [7, 11) is -3.40. The van der Waals surface area contributed by atoms with E-state index >= 15 is 0 Å². The van der Waals surface area contributed by atoms with Gasteiger partial charge in [-0.3, -0.25) is 4.79 Å². The second kappa shape index (κ2) is 8.96. The number of carbonyl (C=O) groups is 1. The van der Waals surface area contributed by atoms with Crippen LogP contribution in [0.3, 0.4) is 0 Å². The summed E-state index contributed by atoms with van der Waals surface area (Å²) in [5, 5.41) is 1.31. The molecule has 4 rings (SSSR count). The summed E-state index contributed by atoms with van der Waals surface area (Å²) in [4.78, 5) is 17.1. The Labute approximate surface area is 214 Å². The van der Waals surface area contributed by atoms with Gasteiger partial charge in [-0.1, -0.05) is 17.7 Å². The predicted molar refractivity (Wildman–Crippen MR) is 141 cm³/mol. The van der Waals surface area contributed by atoms with Crippen molar-refractivity contribution in [3.63, 3.8) is 0 Å². The van der Waals surface area contributed by atoms with Gasteiger partial charge in [-0.2, -0.15) is 0 Å². The molecule has 0 aliphatic carbocycles. The molecule has 2 aromatic heterocycles. The highest BCUT2D eigenvalue weighted by Gasteiger charge is 2.33. The number of thiophene rings is 1. The normalized spacial score (nSPS) is 12.1. The number of fused-ring (bicyclic) bond motifs is 1. The van der Waals surface area contributed by atoms with Gasteiger partial charge in [0.2, 0.25) is 5.88 Å². The van der Waals surface area contributed by atoms with Gasteiger partial charge in [-0.05, 0) is 83.4 Å². The first-order chi connectivity index (χ1) is 15.9. The number of sulfone groups is 1. The van der Waals surface area contributed by atoms with Gasteiger partial charge in [0.15, 0.2) is 9.84 Å². The summed E-state index contributed by atoms with van der Waals surface area (Å²) in [6.45, 7) is 3.32.